The van der Waals surface area contributed by atoms with Crippen LogP contribution in [0.15, 0.2) is 24.3 Å². The molecule has 1 amide bonds. The van der Waals surface area contributed by atoms with E-state index >= 15 is 0 Å². The fourth-order valence-electron chi connectivity index (χ4n) is 2.24. The summed E-state index contributed by atoms with van der Waals surface area (Å²) < 4.78 is 31.4. The van der Waals surface area contributed by atoms with E-state index in [0.29, 0.717) is 12.3 Å². The van der Waals surface area contributed by atoms with Crippen molar-refractivity contribution in [3.63, 3.8) is 0 Å². The van der Waals surface area contributed by atoms with Gasteiger partial charge in [-0.15, -0.1) is 0 Å². The Morgan fingerprint density at radius 3 is 2.48 bits per heavy atom. The first kappa shape index (κ1) is 15.7. The number of hydrogen-bond acceptors (Lipinski definition) is 3. The molecule has 1 aliphatic rings. The van der Waals surface area contributed by atoms with Gasteiger partial charge in [0.2, 0.25) is 5.91 Å². The lowest BCUT2D eigenvalue weighted by Gasteiger charge is -2.31. The van der Waals surface area contributed by atoms with Crippen LogP contribution >= 0.6 is 0 Å². The number of carbonyl (C=O) groups is 1. The monoisotopic (exact) mass is 298 g/mol. The minimum Gasteiger partial charge on any atom is -0.494 e. The number of benzene rings is 1. The highest BCUT2D eigenvalue weighted by Crippen LogP contribution is 2.27. The van der Waals surface area contributed by atoms with Gasteiger partial charge >= 0.3 is 0 Å². The summed E-state index contributed by atoms with van der Waals surface area (Å²) >= 11 is 0. The molecule has 0 unspecified atom stereocenters. The van der Waals surface area contributed by atoms with Crippen molar-refractivity contribution in [3.8, 4) is 5.75 Å². The Morgan fingerprint density at radius 2 is 1.90 bits per heavy atom. The van der Waals surface area contributed by atoms with Crippen LogP contribution in [-0.2, 0) is 4.79 Å². The van der Waals surface area contributed by atoms with E-state index in [2.05, 4.69) is 5.32 Å². The Bertz CT molecular complexity index is 467. The molecule has 1 aromatic rings. The molecule has 1 aromatic carbocycles. The Balaban J connectivity index is 1.79. The predicted octanol–water partition coefficient (Wildman–Crippen LogP) is 2.75. The van der Waals surface area contributed by atoms with E-state index in [9.17, 15) is 13.6 Å². The third kappa shape index (κ3) is 4.97. The molecule has 0 aliphatic carbocycles. The second kappa shape index (κ2) is 6.85. The highest BCUT2D eigenvalue weighted by Gasteiger charge is 2.34. The van der Waals surface area contributed by atoms with Crippen molar-refractivity contribution in [2.45, 2.75) is 25.7 Å². The number of rotatable bonds is 5. The SMILES string of the molecule is CCOc1ccc(NC(=O)CN2CCC(F)(F)CC2)cc1. The average Bonchev–Trinajstić information content (AvgIpc) is 2.44. The normalized spacial score (nSPS) is 18.2. The van der Waals surface area contributed by atoms with Gasteiger partial charge in [0, 0.05) is 31.6 Å². The number of hydrogen-bond donors (Lipinski definition) is 1. The van der Waals surface area contributed by atoms with Crippen molar-refractivity contribution < 1.29 is 18.3 Å². The number of nitrogens with zero attached hydrogens (tertiary/aromatic N) is 1. The molecule has 0 atom stereocenters. The van der Waals surface area contributed by atoms with Gasteiger partial charge in [0.15, 0.2) is 0 Å². The van der Waals surface area contributed by atoms with Crippen LogP contribution < -0.4 is 10.1 Å². The van der Waals surface area contributed by atoms with Crippen molar-refractivity contribution in [2.24, 2.45) is 0 Å². The van der Waals surface area contributed by atoms with Gasteiger partial charge in [0.25, 0.3) is 5.92 Å². The van der Waals surface area contributed by atoms with E-state index in [1.165, 1.54) is 0 Å². The molecule has 6 heteroatoms. The molecule has 0 saturated carbocycles. The number of likely N-dealkylation sites (tertiary alicyclic amines) is 1. The summed E-state index contributed by atoms with van der Waals surface area (Å²) in [5, 5.41) is 2.76. The van der Waals surface area contributed by atoms with Crippen LogP contribution in [0.2, 0.25) is 0 Å². The summed E-state index contributed by atoms with van der Waals surface area (Å²) in [6.07, 6.45) is -0.354. The van der Waals surface area contributed by atoms with Crippen LogP contribution in [0.4, 0.5) is 14.5 Å². The maximum atomic E-state index is 13.0. The maximum absolute atomic E-state index is 13.0. The summed E-state index contributed by atoms with van der Waals surface area (Å²) in [7, 11) is 0. The number of halogens is 2. The number of carbonyl (C=O) groups excluding carboxylic acids is 1. The molecular formula is C15H20F2N2O2. The highest BCUT2D eigenvalue weighted by atomic mass is 19.3. The quantitative estimate of drug-likeness (QED) is 0.909. The fourth-order valence-corrected chi connectivity index (χ4v) is 2.24. The van der Waals surface area contributed by atoms with Gasteiger partial charge in [0.1, 0.15) is 5.75 Å². The predicted molar refractivity (Wildman–Crippen MR) is 76.9 cm³/mol. The first-order valence-corrected chi connectivity index (χ1v) is 7.11. The average molecular weight is 298 g/mol. The van der Waals surface area contributed by atoms with Crippen molar-refractivity contribution in [3.05, 3.63) is 24.3 Å². The number of nitrogens with one attached hydrogen (secondary N) is 1. The number of amides is 1. The number of piperidine rings is 1. The van der Waals surface area contributed by atoms with Crippen molar-refractivity contribution in [2.75, 3.05) is 31.6 Å². The molecule has 0 radical (unpaired) electrons. The summed E-state index contributed by atoms with van der Waals surface area (Å²) in [4.78, 5) is 13.6. The Kier molecular flexibility index (Phi) is 5.12. The van der Waals surface area contributed by atoms with Crippen LogP contribution in [0.1, 0.15) is 19.8 Å². The Morgan fingerprint density at radius 1 is 1.29 bits per heavy atom. The summed E-state index contributed by atoms with van der Waals surface area (Å²) in [6, 6.07) is 7.07. The van der Waals surface area contributed by atoms with E-state index in [1.54, 1.807) is 29.2 Å². The molecule has 0 aromatic heterocycles. The van der Waals surface area contributed by atoms with Crippen LogP contribution in [0, 0.1) is 0 Å². The molecule has 0 bridgehead atoms. The van der Waals surface area contributed by atoms with E-state index in [1.807, 2.05) is 6.92 Å². The Hall–Kier alpha value is -1.69. The fraction of sp³-hybridized carbons (Fsp3) is 0.533. The lowest BCUT2D eigenvalue weighted by atomic mass is 10.1. The molecule has 2 rings (SSSR count). The molecule has 1 fully saturated rings. The van der Waals surface area contributed by atoms with Crippen molar-refractivity contribution in [1.82, 2.24) is 4.90 Å². The number of alkyl halides is 2. The standard InChI is InChI=1S/C15H20F2N2O2/c1-2-21-13-5-3-12(4-6-13)18-14(20)11-19-9-7-15(16,17)8-10-19/h3-6H,2,7-11H2,1H3,(H,18,20). The second-order valence-electron chi connectivity index (χ2n) is 5.14. The first-order valence-electron chi connectivity index (χ1n) is 7.11. The van der Waals surface area contributed by atoms with Crippen LogP contribution in [0.5, 0.6) is 5.75 Å². The zero-order chi connectivity index (χ0) is 15.3. The first-order chi connectivity index (χ1) is 9.98. The van der Waals surface area contributed by atoms with Gasteiger partial charge in [-0.05, 0) is 31.2 Å². The molecule has 116 valence electrons. The molecule has 1 saturated heterocycles. The molecule has 1 N–H and O–H groups in total. The smallest absolute Gasteiger partial charge is 0.250 e. The van der Waals surface area contributed by atoms with E-state index in [-0.39, 0.29) is 38.4 Å². The lowest BCUT2D eigenvalue weighted by Crippen LogP contribution is -2.42. The number of anilines is 1. The van der Waals surface area contributed by atoms with E-state index in [4.69, 9.17) is 4.74 Å². The molecule has 1 heterocycles. The molecule has 4 nitrogen and oxygen atoms in total. The number of ether oxygens (including phenoxy) is 1. The van der Waals surface area contributed by atoms with Gasteiger partial charge < -0.3 is 10.1 Å². The van der Waals surface area contributed by atoms with Crippen LogP contribution in [-0.4, -0.2) is 43.0 Å². The summed E-state index contributed by atoms with van der Waals surface area (Å²) in [6.45, 7) is 3.14. The van der Waals surface area contributed by atoms with E-state index in [0.717, 1.165) is 5.75 Å². The molecular weight excluding hydrogens is 278 g/mol. The zero-order valence-electron chi connectivity index (χ0n) is 12.1. The summed E-state index contributed by atoms with van der Waals surface area (Å²) in [5.41, 5.74) is 0.672. The minimum absolute atomic E-state index is 0.142. The molecule has 0 spiro atoms. The molecule has 21 heavy (non-hydrogen) atoms. The third-order valence-corrected chi connectivity index (χ3v) is 3.40. The second-order valence-corrected chi connectivity index (χ2v) is 5.14. The van der Waals surface area contributed by atoms with Gasteiger partial charge in [0.05, 0.1) is 13.2 Å². The van der Waals surface area contributed by atoms with Gasteiger partial charge in [-0.1, -0.05) is 0 Å². The molecule has 1 aliphatic heterocycles. The zero-order valence-corrected chi connectivity index (χ0v) is 12.1. The largest absolute Gasteiger partial charge is 0.494 e. The van der Waals surface area contributed by atoms with Gasteiger partial charge in [-0.25, -0.2) is 8.78 Å². The third-order valence-electron chi connectivity index (χ3n) is 3.40. The lowest BCUT2D eigenvalue weighted by molar-refractivity contribution is -0.119. The minimum atomic E-state index is -2.58. The van der Waals surface area contributed by atoms with Crippen molar-refractivity contribution in [1.29, 1.82) is 0 Å². The van der Waals surface area contributed by atoms with Crippen LogP contribution in [0.25, 0.3) is 0 Å². The maximum Gasteiger partial charge on any atom is 0.250 e. The van der Waals surface area contributed by atoms with Crippen LogP contribution in [0.3, 0.4) is 0 Å². The highest BCUT2D eigenvalue weighted by molar-refractivity contribution is 5.92. The van der Waals surface area contributed by atoms with Crippen molar-refractivity contribution >= 4 is 11.6 Å². The van der Waals surface area contributed by atoms with E-state index < -0.39 is 5.92 Å². The Labute approximate surface area is 123 Å². The van der Waals surface area contributed by atoms with Gasteiger partial charge in [-0.2, -0.15) is 0 Å². The van der Waals surface area contributed by atoms with Gasteiger partial charge in [-0.3, -0.25) is 9.69 Å². The summed E-state index contributed by atoms with van der Waals surface area (Å²) in [5.74, 6) is -2.03. The topological polar surface area (TPSA) is 41.6 Å².